The van der Waals surface area contributed by atoms with Gasteiger partial charge in [-0.25, -0.2) is 0 Å². The predicted molar refractivity (Wildman–Crippen MR) is 47.8 cm³/mol. The summed E-state index contributed by atoms with van der Waals surface area (Å²) in [7, 11) is 1.05. The van der Waals surface area contributed by atoms with E-state index in [-0.39, 0.29) is 20.4 Å². The molecule has 0 aliphatic rings. The largest absolute Gasteiger partial charge is 2.00 e. The van der Waals surface area contributed by atoms with Gasteiger partial charge in [0.2, 0.25) is 0 Å². The van der Waals surface area contributed by atoms with Crippen molar-refractivity contribution >= 4 is 8.58 Å². The topological polar surface area (TPSA) is 0 Å². The van der Waals surface area contributed by atoms with Crippen molar-refractivity contribution in [2.45, 2.75) is 51.9 Å². The van der Waals surface area contributed by atoms with Gasteiger partial charge in [0, 0.05) is 0 Å². The Morgan fingerprint density at radius 3 is 0.900 bits per heavy atom. The molecule has 0 aromatic heterocycles. The molecule has 0 atom stereocenters. The van der Waals surface area contributed by atoms with Gasteiger partial charge in [-0.3, -0.25) is 0 Å². The molecule has 0 aromatic rings. The molecule has 0 unspecified atom stereocenters. The van der Waals surface area contributed by atoms with E-state index in [1.165, 1.54) is 0 Å². The van der Waals surface area contributed by atoms with Gasteiger partial charge in [0.1, 0.15) is 0 Å². The molecule has 0 rings (SSSR count). The fraction of sp³-hybridized carbons (Fsp3) is 1.00. The van der Waals surface area contributed by atoms with Crippen molar-refractivity contribution in [1.29, 1.82) is 0 Å². The van der Waals surface area contributed by atoms with Gasteiger partial charge in [-0.15, -0.1) is 8.58 Å². The summed E-state index contributed by atoms with van der Waals surface area (Å²) >= 11 is 0. The molecular weight excluding hydrogens is 233 g/mol. The second-order valence-electron chi connectivity index (χ2n) is 4.62. The van der Waals surface area contributed by atoms with E-state index in [2.05, 4.69) is 41.5 Å². The predicted octanol–water partition coefficient (Wildman–Crippen LogP) is 3.26. The van der Waals surface area contributed by atoms with Crippen molar-refractivity contribution in [2.75, 3.05) is 0 Å². The fourth-order valence-corrected chi connectivity index (χ4v) is 3.38. The van der Waals surface area contributed by atoms with Crippen molar-refractivity contribution in [3.05, 3.63) is 0 Å². The van der Waals surface area contributed by atoms with E-state index in [9.17, 15) is 0 Å². The molecule has 0 radical (unpaired) electrons. The Balaban J connectivity index is 0. The van der Waals surface area contributed by atoms with Crippen LogP contribution in [0.25, 0.3) is 0 Å². The van der Waals surface area contributed by atoms with Crippen LogP contribution in [0.3, 0.4) is 0 Å². The third kappa shape index (κ3) is 11.8. The first-order valence-electron chi connectivity index (χ1n) is 3.50. The minimum atomic E-state index is 0. The minimum absolute atomic E-state index is 0. The van der Waals surface area contributed by atoms with E-state index in [1.807, 2.05) is 0 Å². The van der Waals surface area contributed by atoms with E-state index in [4.69, 9.17) is 0 Å². The van der Waals surface area contributed by atoms with Crippen molar-refractivity contribution in [3.8, 4) is 0 Å². The van der Waals surface area contributed by atoms with Crippen molar-refractivity contribution < 1.29 is 20.4 Å². The van der Waals surface area contributed by atoms with E-state index < -0.39 is 0 Å². The van der Waals surface area contributed by atoms with Crippen LogP contribution in [0.5, 0.6) is 0 Å². The first-order valence-corrected chi connectivity index (χ1v) is 4.50. The maximum atomic E-state index is 2.30. The van der Waals surface area contributed by atoms with E-state index >= 15 is 0 Å². The molecule has 0 fully saturated rings. The van der Waals surface area contributed by atoms with Crippen LogP contribution in [0, 0.1) is 0 Å². The van der Waals surface area contributed by atoms with Gasteiger partial charge in [-0.1, -0.05) is 41.5 Å². The third-order valence-electron chi connectivity index (χ3n) is 0.750. The fourth-order valence-electron chi connectivity index (χ4n) is 1.12. The van der Waals surface area contributed by atoms with Crippen LogP contribution in [-0.4, -0.2) is 10.3 Å². The Morgan fingerprint density at radius 1 is 0.700 bits per heavy atom. The summed E-state index contributed by atoms with van der Waals surface area (Å²) in [4.78, 5) is 0. The minimum Gasteiger partial charge on any atom is -0.111 e. The Labute approximate surface area is 81.0 Å². The smallest absolute Gasteiger partial charge is 0.111 e. The molecule has 0 spiro atoms. The maximum Gasteiger partial charge on any atom is 2.00 e. The van der Waals surface area contributed by atoms with Gasteiger partial charge in [0.15, 0.2) is 0 Å². The summed E-state index contributed by atoms with van der Waals surface area (Å²) in [6, 6.07) is 0. The number of hydrogen-bond donors (Lipinski definition) is 0. The molecule has 0 aliphatic heterocycles. The Hall–Kier alpha value is 1.09. The molecule has 0 aliphatic carbocycles. The Morgan fingerprint density at radius 2 is 0.900 bits per heavy atom. The molecule has 0 bridgehead atoms. The SMILES string of the molecule is CC(C)(C)PC(C)(C)C.[Pd+2]. The van der Waals surface area contributed by atoms with Crippen LogP contribution >= 0.6 is 8.58 Å². The molecular formula is C8H19PPd+2. The normalized spacial score (nSPS) is 12.6. The average Bonchev–Trinajstić information content (AvgIpc) is 1.14. The van der Waals surface area contributed by atoms with Crippen LogP contribution in [0.4, 0.5) is 0 Å². The summed E-state index contributed by atoms with van der Waals surface area (Å²) in [5, 5.41) is 1.02. The van der Waals surface area contributed by atoms with Crippen LogP contribution in [-0.2, 0) is 20.4 Å². The van der Waals surface area contributed by atoms with Gasteiger partial charge in [-0.2, -0.15) is 0 Å². The van der Waals surface area contributed by atoms with E-state index in [0.29, 0.717) is 10.3 Å². The monoisotopic (exact) mass is 252 g/mol. The van der Waals surface area contributed by atoms with Crippen LogP contribution in [0.2, 0.25) is 0 Å². The molecule has 0 saturated carbocycles. The zero-order chi connectivity index (χ0) is 7.71. The number of hydrogen-bond acceptors (Lipinski definition) is 0. The average molecular weight is 253 g/mol. The Bertz CT molecular complexity index is 74.4. The summed E-state index contributed by atoms with van der Waals surface area (Å²) in [5.41, 5.74) is 0. The van der Waals surface area contributed by atoms with Gasteiger partial charge in [0.05, 0.1) is 0 Å². The van der Waals surface area contributed by atoms with Crippen LogP contribution in [0.15, 0.2) is 0 Å². The van der Waals surface area contributed by atoms with E-state index in [1.54, 1.807) is 0 Å². The van der Waals surface area contributed by atoms with Crippen molar-refractivity contribution in [2.24, 2.45) is 0 Å². The third-order valence-corrected chi connectivity index (χ3v) is 2.25. The first-order chi connectivity index (χ1) is 3.71. The van der Waals surface area contributed by atoms with Crippen LogP contribution < -0.4 is 0 Å². The molecule has 2 heteroatoms. The standard InChI is InChI=1S/C8H19P.Pd/c1-7(2,3)9-8(4,5)6;/h9H,1-6H3;/q;+2. The molecule has 0 N–H and O–H groups in total. The molecule has 0 amide bonds. The second kappa shape index (κ2) is 4.20. The van der Waals surface area contributed by atoms with Gasteiger partial charge >= 0.3 is 20.4 Å². The van der Waals surface area contributed by atoms with Gasteiger partial charge in [0.25, 0.3) is 0 Å². The number of rotatable bonds is 0. The maximum absolute atomic E-state index is 2.30. The molecule has 0 heterocycles. The Kier molecular flexibility index (Phi) is 5.74. The van der Waals surface area contributed by atoms with Crippen molar-refractivity contribution in [3.63, 3.8) is 0 Å². The summed E-state index contributed by atoms with van der Waals surface area (Å²) in [6.45, 7) is 13.8. The van der Waals surface area contributed by atoms with Crippen molar-refractivity contribution in [1.82, 2.24) is 0 Å². The summed E-state index contributed by atoms with van der Waals surface area (Å²) in [5.74, 6) is 0. The van der Waals surface area contributed by atoms with Gasteiger partial charge < -0.3 is 0 Å². The molecule has 0 saturated heterocycles. The molecule has 0 aromatic carbocycles. The van der Waals surface area contributed by atoms with Gasteiger partial charge in [-0.05, 0) is 10.3 Å². The summed E-state index contributed by atoms with van der Waals surface area (Å²) < 4.78 is 0. The quantitative estimate of drug-likeness (QED) is 0.459. The molecule has 0 nitrogen and oxygen atoms in total. The second-order valence-corrected chi connectivity index (χ2v) is 7.88. The van der Waals surface area contributed by atoms with E-state index in [0.717, 1.165) is 8.58 Å². The summed E-state index contributed by atoms with van der Waals surface area (Å²) in [6.07, 6.45) is 0. The first kappa shape index (κ1) is 13.7. The molecule has 10 heavy (non-hydrogen) atoms. The van der Waals surface area contributed by atoms with Crippen LogP contribution in [0.1, 0.15) is 41.5 Å². The molecule has 64 valence electrons. The zero-order valence-corrected chi connectivity index (χ0v) is 10.4. The zero-order valence-electron chi connectivity index (χ0n) is 7.82.